The summed E-state index contributed by atoms with van der Waals surface area (Å²) in [5, 5.41) is 0. The predicted octanol–water partition coefficient (Wildman–Crippen LogP) is 5.61. The van der Waals surface area contributed by atoms with Crippen molar-refractivity contribution in [2.75, 3.05) is 38.2 Å². The molecular weight excluding hydrogens is 472 g/mol. The van der Waals surface area contributed by atoms with Gasteiger partial charge in [0.2, 0.25) is 0 Å². The maximum Gasteiger partial charge on any atom is 0.258 e. The van der Waals surface area contributed by atoms with E-state index < -0.39 is 0 Å². The Morgan fingerprint density at radius 1 is 1.00 bits per heavy atom. The van der Waals surface area contributed by atoms with Crippen LogP contribution in [0.1, 0.15) is 39.9 Å². The fourth-order valence-electron chi connectivity index (χ4n) is 6.42. The van der Waals surface area contributed by atoms with Gasteiger partial charge in [-0.05, 0) is 98.9 Å². The lowest BCUT2D eigenvalue weighted by Gasteiger charge is -2.37. The number of likely N-dealkylation sites (tertiary alicyclic amines) is 1. The van der Waals surface area contributed by atoms with E-state index in [1.807, 2.05) is 23.2 Å². The standard InChI is InChI=1S/C32H32N4O2/c1-21-17-25(30-33-12-13-34-30)7-8-26(21)22-3-5-23(6-4-22)31(37)36-14-9-24-18-29-27(19-28(24)36)32(20-38-29)10-15-35(2)16-11-32/h3-8,12-13,17-19H,9-11,14-16,20H2,1-2H3,(H,33,34). The molecule has 1 N–H and O–H groups in total. The summed E-state index contributed by atoms with van der Waals surface area (Å²) in [6.07, 6.45) is 6.67. The summed E-state index contributed by atoms with van der Waals surface area (Å²) in [6, 6.07) is 18.9. The Morgan fingerprint density at radius 2 is 1.79 bits per heavy atom. The van der Waals surface area contributed by atoms with E-state index in [0.717, 1.165) is 78.5 Å². The Kier molecular flexibility index (Phi) is 5.41. The molecule has 0 atom stereocenters. The predicted molar refractivity (Wildman–Crippen MR) is 150 cm³/mol. The Bertz CT molecular complexity index is 1520. The van der Waals surface area contributed by atoms with Gasteiger partial charge in [-0.15, -0.1) is 0 Å². The van der Waals surface area contributed by atoms with Crippen molar-refractivity contribution in [2.45, 2.75) is 31.6 Å². The summed E-state index contributed by atoms with van der Waals surface area (Å²) in [5.74, 6) is 1.96. The molecule has 0 aliphatic carbocycles. The average molecular weight is 505 g/mol. The van der Waals surface area contributed by atoms with Crippen LogP contribution in [0.3, 0.4) is 0 Å². The van der Waals surface area contributed by atoms with Crippen LogP contribution in [-0.2, 0) is 11.8 Å². The van der Waals surface area contributed by atoms with Gasteiger partial charge in [-0.3, -0.25) is 4.79 Å². The molecule has 0 saturated carbocycles. The van der Waals surface area contributed by atoms with E-state index in [0.29, 0.717) is 6.54 Å². The highest BCUT2D eigenvalue weighted by Crippen LogP contribution is 2.49. The maximum atomic E-state index is 13.7. The first-order chi connectivity index (χ1) is 18.5. The normalized spacial score (nSPS) is 17.9. The molecule has 6 heteroatoms. The quantitative estimate of drug-likeness (QED) is 0.394. The number of amides is 1. The third kappa shape index (κ3) is 3.74. The van der Waals surface area contributed by atoms with Gasteiger partial charge in [0.05, 0.1) is 6.61 Å². The number of H-pyrrole nitrogens is 1. The number of hydrogen-bond donors (Lipinski definition) is 1. The zero-order valence-electron chi connectivity index (χ0n) is 22.0. The number of fused-ring (bicyclic) bond motifs is 3. The highest BCUT2D eigenvalue weighted by atomic mass is 16.5. The molecule has 4 aromatic rings. The Hall–Kier alpha value is -3.90. The van der Waals surface area contributed by atoms with Crippen LogP contribution >= 0.6 is 0 Å². The number of aryl methyl sites for hydroxylation is 1. The molecule has 7 rings (SSSR count). The van der Waals surface area contributed by atoms with Gasteiger partial charge in [-0.1, -0.05) is 24.3 Å². The van der Waals surface area contributed by atoms with E-state index in [9.17, 15) is 4.79 Å². The molecule has 4 heterocycles. The summed E-state index contributed by atoms with van der Waals surface area (Å²) in [4.78, 5) is 25.6. The molecule has 6 nitrogen and oxygen atoms in total. The van der Waals surface area contributed by atoms with Gasteiger partial charge in [0.25, 0.3) is 5.91 Å². The van der Waals surface area contributed by atoms with Crippen LogP contribution in [0, 0.1) is 6.92 Å². The molecule has 1 spiro atoms. The second-order valence-corrected chi connectivity index (χ2v) is 11.1. The SMILES string of the molecule is Cc1cc(-c2ncc[nH]2)ccc1-c1ccc(C(=O)N2CCc3cc4c(cc32)C2(CCN(C)CC2)CO4)cc1. The van der Waals surface area contributed by atoms with Gasteiger partial charge < -0.3 is 19.5 Å². The second-order valence-electron chi connectivity index (χ2n) is 11.1. The molecular formula is C32H32N4O2. The zero-order chi connectivity index (χ0) is 25.9. The Labute approximate surface area is 223 Å². The lowest BCUT2D eigenvalue weighted by atomic mass is 9.74. The Balaban J connectivity index is 1.14. The fraction of sp³-hybridized carbons (Fsp3) is 0.312. The van der Waals surface area contributed by atoms with Crippen LogP contribution in [0.5, 0.6) is 5.75 Å². The summed E-state index contributed by atoms with van der Waals surface area (Å²) in [5.41, 5.74) is 8.87. The van der Waals surface area contributed by atoms with E-state index in [-0.39, 0.29) is 11.3 Å². The number of piperidine rings is 1. The van der Waals surface area contributed by atoms with Crippen LogP contribution in [0.15, 0.2) is 67.0 Å². The molecule has 1 saturated heterocycles. The minimum Gasteiger partial charge on any atom is -0.492 e. The van der Waals surface area contributed by atoms with Crippen molar-refractivity contribution < 1.29 is 9.53 Å². The zero-order valence-corrected chi connectivity index (χ0v) is 22.0. The van der Waals surface area contributed by atoms with Gasteiger partial charge in [0.1, 0.15) is 11.6 Å². The molecule has 1 fully saturated rings. The number of aromatic amines is 1. The van der Waals surface area contributed by atoms with Crippen LogP contribution in [0.4, 0.5) is 5.69 Å². The summed E-state index contributed by atoms with van der Waals surface area (Å²) >= 11 is 0. The molecule has 3 aromatic carbocycles. The van der Waals surface area contributed by atoms with Gasteiger partial charge in [0.15, 0.2) is 0 Å². The lowest BCUT2D eigenvalue weighted by molar-refractivity contribution is 0.0989. The number of nitrogens with zero attached hydrogens (tertiary/aromatic N) is 3. The Morgan fingerprint density at radius 3 is 2.53 bits per heavy atom. The van der Waals surface area contributed by atoms with E-state index in [4.69, 9.17) is 4.74 Å². The molecule has 3 aliphatic rings. The molecule has 38 heavy (non-hydrogen) atoms. The molecule has 192 valence electrons. The highest BCUT2D eigenvalue weighted by Gasteiger charge is 2.44. The van der Waals surface area contributed by atoms with Gasteiger partial charge >= 0.3 is 0 Å². The van der Waals surface area contributed by atoms with Crippen LogP contribution in [0.2, 0.25) is 0 Å². The van der Waals surface area contributed by atoms with Crippen molar-refractivity contribution in [3.8, 4) is 28.3 Å². The number of carbonyl (C=O) groups excluding carboxylic acids is 1. The van der Waals surface area contributed by atoms with Crippen LogP contribution < -0.4 is 9.64 Å². The van der Waals surface area contributed by atoms with E-state index in [1.165, 1.54) is 16.7 Å². The third-order valence-electron chi connectivity index (χ3n) is 8.78. The van der Waals surface area contributed by atoms with E-state index in [2.05, 4.69) is 71.3 Å². The van der Waals surface area contributed by atoms with Gasteiger partial charge in [-0.2, -0.15) is 0 Å². The second kappa shape index (κ2) is 8.84. The van der Waals surface area contributed by atoms with Crippen molar-refractivity contribution in [3.63, 3.8) is 0 Å². The largest absolute Gasteiger partial charge is 0.492 e. The lowest BCUT2D eigenvalue weighted by Crippen LogP contribution is -2.42. The summed E-state index contributed by atoms with van der Waals surface area (Å²) in [7, 11) is 2.19. The number of hydrogen-bond acceptors (Lipinski definition) is 4. The molecule has 0 radical (unpaired) electrons. The number of benzene rings is 3. The smallest absolute Gasteiger partial charge is 0.258 e. The van der Waals surface area contributed by atoms with Crippen molar-refractivity contribution in [2.24, 2.45) is 0 Å². The minimum absolute atomic E-state index is 0.0662. The summed E-state index contributed by atoms with van der Waals surface area (Å²) in [6.45, 7) is 5.75. The third-order valence-corrected chi connectivity index (χ3v) is 8.78. The van der Waals surface area contributed by atoms with Gasteiger partial charge in [-0.25, -0.2) is 4.98 Å². The molecule has 3 aliphatic heterocycles. The number of anilines is 1. The number of aromatic nitrogens is 2. The van der Waals surface area contributed by atoms with Gasteiger partial charge in [0, 0.05) is 46.7 Å². The molecule has 1 amide bonds. The van der Waals surface area contributed by atoms with Crippen LogP contribution in [0.25, 0.3) is 22.5 Å². The number of carbonyl (C=O) groups is 1. The van der Waals surface area contributed by atoms with E-state index in [1.54, 1.807) is 6.20 Å². The van der Waals surface area contributed by atoms with Crippen LogP contribution in [-0.4, -0.2) is 54.1 Å². The average Bonchev–Trinajstić information content (AvgIpc) is 3.69. The highest BCUT2D eigenvalue weighted by molar-refractivity contribution is 6.07. The van der Waals surface area contributed by atoms with Crippen molar-refractivity contribution >= 4 is 11.6 Å². The van der Waals surface area contributed by atoms with E-state index >= 15 is 0 Å². The van der Waals surface area contributed by atoms with Crippen molar-refractivity contribution in [3.05, 3.63) is 89.2 Å². The summed E-state index contributed by atoms with van der Waals surface area (Å²) < 4.78 is 6.20. The number of rotatable bonds is 3. The first-order valence-corrected chi connectivity index (χ1v) is 13.5. The monoisotopic (exact) mass is 504 g/mol. The first-order valence-electron chi connectivity index (χ1n) is 13.5. The number of imidazole rings is 1. The minimum atomic E-state index is 0.0662. The van der Waals surface area contributed by atoms with Crippen molar-refractivity contribution in [1.29, 1.82) is 0 Å². The number of nitrogens with one attached hydrogen (secondary N) is 1. The first kappa shape index (κ1) is 23.2. The maximum absolute atomic E-state index is 13.7. The molecule has 0 bridgehead atoms. The topological polar surface area (TPSA) is 61.5 Å². The van der Waals surface area contributed by atoms with Crippen molar-refractivity contribution in [1.82, 2.24) is 14.9 Å². The molecule has 0 unspecified atom stereocenters. The molecule has 1 aromatic heterocycles. The number of ether oxygens (including phenoxy) is 1. The fourth-order valence-corrected chi connectivity index (χ4v) is 6.42.